The van der Waals surface area contributed by atoms with E-state index in [-0.39, 0.29) is 0 Å². The topological polar surface area (TPSA) is 34.2 Å². The van der Waals surface area contributed by atoms with E-state index in [2.05, 4.69) is 15.9 Å². The fourth-order valence-electron chi connectivity index (χ4n) is 4.08. The second-order valence-corrected chi connectivity index (χ2v) is 6.74. The first-order valence-electron chi connectivity index (χ1n) is 9.01. The highest BCUT2D eigenvalue weighted by molar-refractivity contribution is 5.55. The molecule has 3 rings (SSSR count). The number of hydrogen-bond donors (Lipinski definition) is 0. The summed E-state index contributed by atoms with van der Waals surface area (Å²) in [5, 5.41) is 0. The molecule has 0 amide bonds. The van der Waals surface area contributed by atoms with Gasteiger partial charge in [0.05, 0.1) is 21.3 Å². The minimum atomic E-state index is 0.682. The van der Waals surface area contributed by atoms with E-state index in [1.54, 1.807) is 21.3 Å². The fourth-order valence-corrected chi connectivity index (χ4v) is 4.08. The zero-order chi connectivity index (χ0) is 16.9. The SMILES string of the molecule is COc1ccc(CN2CCN(C3CCCC3)CC2)c(OC)c1OC. The van der Waals surface area contributed by atoms with Crippen LogP contribution in [0.4, 0.5) is 0 Å². The van der Waals surface area contributed by atoms with Crippen LogP contribution in [0.3, 0.4) is 0 Å². The first kappa shape index (κ1) is 17.4. The molecule has 24 heavy (non-hydrogen) atoms. The van der Waals surface area contributed by atoms with Crippen molar-refractivity contribution in [2.75, 3.05) is 47.5 Å². The van der Waals surface area contributed by atoms with Gasteiger partial charge in [-0.15, -0.1) is 0 Å². The maximum Gasteiger partial charge on any atom is 0.203 e. The lowest BCUT2D eigenvalue weighted by atomic mass is 10.1. The van der Waals surface area contributed by atoms with Crippen molar-refractivity contribution in [3.05, 3.63) is 17.7 Å². The van der Waals surface area contributed by atoms with E-state index in [0.29, 0.717) is 11.5 Å². The third-order valence-corrected chi connectivity index (χ3v) is 5.43. The molecule has 1 aliphatic heterocycles. The van der Waals surface area contributed by atoms with Crippen LogP contribution in [-0.4, -0.2) is 63.4 Å². The average molecular weight is 334 g/mol. The number of rotatable bonds is 6. The molecule has 2 aliphatic rings. The smallest absolute Gasteiger partial charge is 0.203 e. The Morgan fingerprint density at radius 1 is 0.875 bits per heavy atom. The normalized spacial score (nSPS) is 20.3. The van der Waals surface area contributed by atoms with Crippen LogP contribution in [0.2, 0.25) is 0 Å². The van der Waals surface area contributed by atoms with Gasteiger partial charge in [-0.25, -0.2) is 0 Å². The number of ether oxygens (including phenoxy) is 3. The molecule has 1 saturated heterocycles. The molecule has 0 atom stereocenters. The molecule has 2 fully saturated rings. The highest BCUT2D eigenvalue weighted by Crippen LogP contribution is 2.40. The molecule has 0 aromatic heterocycles. The summed E-state index contributed by atoms with van der Waals surface area (Å²) in [5.41, 5.74) is 1.16. The second-order valence-electron chi connectivity index (χ2n) is 6.74. The number of methoxy groups -OCH3 is 3. The lowest BCUT2D eigenvalue weighted by Crippen LogP contribution is -2.49. The minimum Gasteiger partial charge on any atom is -0.493 e. The van der Waals surface area contributed by atoms with Gasteiger partial charge in [0, 0.05) is 44.3 Å². The highest BCUT2D eigenvalue weighted by atomic mass is 16.5. The van der Waals surface area contributed by atoms with Gasteiger partial charge in [0.15, 0.2) is 11.5 Å². The van der Waals surface area contributed by atoms with E-state index in [4.69, 9.17) is 14.2 Å². The van der Waals surface area contributed by atoms with Gasteiger partial charge in [-0.3, -0.25) is 9.80 Å². The summed E-state index contributed by atoms with van der Waals surface area (Å²) in [6.45, 7) is 5.49. The Bertz CT molecular complexity index is 536. The molecule has 1 aliphatic carbocycles. The van der Waals surface area contributed by atoms with Gasteiger partial charge in [0.25, 0.3) is 0 Å². The van der Waals surface area contributed by atoms with Crippen LogP contribution in [0, 0.1) is 0 Å². The molecule has 0 N–H and O–H groups in total. The van der Waals surface area contributed by atoms with Gasteiger partial charge in [-0.2, -0.15) is 0 Å². The van der Waals surface area contributed by atoms with Crippen molar-refractivity contribution in [2.45, 2.75) is 38.3 Å². The predicted molar refractivity (Wildman–Crippen MR) is 95.2 cm³/mol. The summed E-state index contributed by atoms with van der Waals surface area (Å²) in [6, 6.07) is 4.89. The Morgan fingerprint density at radius 3 is 2.12 bits per heavy atom. The molecular formula is C19H30N2O3. The summed E-state index contributed by atoms with van der Waals surface area (Å²) >= 11 is 0. The van der Waals surface area contributed by atoms with Gasteiger partial charge in [0.2, 0.25) is 5.75 Å². The molecule has 1 heterocycles. The summed E-state index contributed by atoms with van der Waals surface area (Å²) in [5.74, 6) is 2.18. The van der Waals surface area contributed by atoms with E-state index >= 15 is 0 Å². The lowest BCUT2D eigenvalue weighted by Gasteiger charge is -2.38. The summed E-state index contributed by atoms with van der Waals surface area (Å²) in [6.07, 6.45) is 5.61. The summed E-state index contributed by atoms with van der Waals surface area (Å²) in [7, 11) is 5.00. The zero-order valence-corrected chi connectivity index (χ0v) is 15.2. The Labute approximate surface area is 145 Å². The molecule has 1 saturated carbocycles. The Hall–Kier alpha value is -1.46. The minimum absolute atomic E-state index is 0.682. The quantitative estimate of drug-likeness (QED) is 0.799. The maximum atomic E-state index is 5.61. The van der Waals surface area contributed by atoms with Crippen molar-refractivity contribution in [3.8, 4) is 17.2 Å². The second kappa shape index (κ2) is 8.08. The van der Waals surface area contributed by atoms with Crippen molar-refractivity contribution in [2.24, 2.45) is 0 Å². The van der Waals surface area contributed by atoms with Crippen molar-refractivity contribution >= 4 is 0 Å². The standard InChI is InChI=1S/C19H30N2O3/c1-22-17-9-8-15(18(23-2)19(17)24-3)14-20-10-12-21(13-11-20)16-6-4-5-7-16/h8-9,16H,4-7,10-14H2,1-3H3. The van der Waals surface area contributed by atoms with E-state index < -0.39 is 0 Å². The molecule has 5 nitrogen and oxygen atoms in total. The molecule has 1 aromatic carbocycles. The molecule has 1 aromatic rings. The first-order chi connectivity index (χ1) is 11.8. The molecule has 0 bridgehead atoms. The van der Waals surface area contributed by atoms with Gasteiger partial charge in [-0.05, 0) is 18.9 Å². The Balaban J connectivity index is 1.64. The van der Waals surface area contributed by atoms with Crippen molar-refractivity contribution < 1.29 is 14.2 Å². The Kier molecular flexibility index (Phi) is 5.85. The third kappa shape index (κ3) is 3.62. The van der Waals surface area contributed by atoms with Gasteiger partial charge in [-0.1, -0.05) is 18.9 Å². The van der Waals surface area contributed by atoms with Crippen LogP contribution < -0.4 is 14.2 Å². The largest absolute Gasteiger partial charge is 0.493 e. The Morgan fingerprint density at radius 2 is 1.54 bits per heavy atom. The molecule has 5 heteroatoms. The van der Waals surface area contributed by atoms with Crippen molar-refractivity contribution in [1.82, 2.24) is 9.80 Å². The third-order valence-electron chi connectivity index (χ3n) is 5.43. The first-order valence-corrected chi connectivity index (χ1v) is 9.01. The number of nitrogens with zero attached hydrogens (tertiary/aromatic N) is 2. The van der Waals surface area contributed by atoms with Gasteiger partial charge < -0.3 is 14.2 Å². The maximum absolute atomic E-state index is 5.61. The number of piperazine rings is 1. The molecule has 0 spiro atoms. The van der Waals surface area contributed by atoms with Crippen molar-refractivity contribution in [3.63, 3.8) is 0 Å². The summed E-state index contributed by atoms with van der Waals surface area (Å²) < 4.78 is 16.5. The summed E-state index contributed by atoms with van der Waals surface area (Å²) in [4.78, 5) is 5.20. The van der Waals surface area contributed by atoms with Crippen LogP contribution in [0.1, 0.15) is 31.2 Å². The van der Waals surface area contributed by atoms with Crippen LogP contribution in [-0.2, 0) is 6.54 Å². The van der Waals surface area contributed by atoms with Crippen LogP contribution in [0.25, 0.3) is 0 Å². The molecule has 134 valence electrons. The van der Waals surface area contributed by atoms with Gasteiger partial charge in [0.1, 0.15) is 0 Å². The van der Waals surface area contributed by atoms with E-state index in [1.807, 2.05) is 6.07 Å². The van der Waals surface area contributed by atoms with Crippen LogP contribution in [0.5, 0.6) is 17.2 Å². The van der Waals surface area contributed by atoms with Crippen LogP contribution >= 0.6 is 0 Å². The van der Waals surface area contributed by atoms with Crippen molar-refractivity contribution in [1.29, 1.82) is 0 Å². The lowest BCUT2D eigenvalue weighted by molar-refractivity contribution is 0.0931. The monoisotopic (exact) mass is 334 g/mol. The molecule has 0 radical (unpaired) electrons. The van der Waals surface area contributed by atoms with E-state index in [9.17, 15) is 0 Å². The number of benzene rings is 1. The van der Waals surface area contributed by atoms with Crippen LogP contribution in [0.15, 0.2) is 12.1 Å². The van der Waals surface area contributed by atoms with E-state index in [1.165, 1.54) is 38.8 Å². The highest BCUT2D eigenvalue weighted by Gasteiger charge is 2.27. The predicted octanol–water partition coefficient (Wildman–Crippen LogP) is 2.77. The fraction of sp³-hybridized carbons (Fsp3) is 0.684. The average Bonchev–Trinajstić information content (AvgIpc) is 3.16. The molecule has 0 unspecified atom stereocenters. The van der Waals surface area contributed by atoms with E-state index in [0.717, 1.165) is 37.0 Å². The van der Waals surface area contributed by atoms with Gasteiger partial charge >= 0.3 is 0 Å². The zero-order valence-electron chi connectivity index (χ0n) is 15.2. The number of hydrogen-bond acceptors (Lipinski definition) is 5. The molecular weight excluding hydrogens is 304 g/mol.